The van der Waals surface area contributed by atoms with Crippen molar-refractivity contribution in [2.45, 2.75) is 109 Å². The molecule has 0 saturated carbocycles. The fourth-order valence-corrected chi connectivity index (χ4v) is 13.2. The smallest absolute Gasteiger partial charge is 0.302 e. The molecule has 0 amide bonds. The van der Waals surface area contributed by atoms with E-state index in [9.17, 15) is 9.59 Å². The maximum atomic E-state index is 12.2. The second-order valence-electron chi connectivity index (χ2n) is 15.3. The molecule has 12 heteroatoms. The number of carbonyl (C=O) groups excluding carboxylic acids is 2. The van der Waals surface area contributed by atoms with Crippen LogP contribution in [0, 0.1) is 41.5 Å². The van der Waals surface area contributed by atoms with E-state index in [0.29, 0.717) is 0 Å². The van der Waals surface area contributed by atoms with Crippen LogP contribution in [0.25, 0.3) is 50.1 Å². The number of thiophene rings is 4. The summed E-state index contributed by atoms with van der Waals surface area (Å²) in [6.07, 6.45) is -0.0774. The van der Waals surface area contributed by atoms with Crippen LogP contribution >= 0.6 is 45.3 Å². The lowest BCUT2D eigenvalue weighted by molar-refractivity contribution is -0.143. The van der Waals surface area contributed by atoms with Gasteiger partial charge in [0.2, 0.25) is 0 Å². The van der Waals surface area contributed by atoms with E-state index in [2.05, 4.69) is 41.5 Å². The molecule has 0 spiro atoms. The molecule has 0 saturated heterocycles. The Balaban J connectivity index is 1.54. The average Bonchev–Trinajstić information content (AvgIpc) is 3.88. The lowest BCUT2D eigenvalue weighted by Gasteiger charge is -2.17. The highest BCUT2D eigenvalue weighted by Gasteiger charge is 2.30. The van der Waals surface area contributed by atoms with Crippen molar-refractivity contribution < 1.29 is 38.0 Å². The van der Waals surface area contributed by atoms with E-state index in [1.54, 1.807) is 59.6 Å². The van der Waals surface area contributed by atoms with Gasteiger partial charge in [0.05, 0.1) is 47.3 Å². The van der Waals surface area contributed by atoms with Crippen LogP contribution in [0.4, 0.5) is 0 Å². The zero-order valence-corrected chi connectivity index (χ0v) is 40.2. The van der Waals surface area contributed by atoms with Crippen molar-refractivity contribution in [2.75, 3.05) is 14.2 Å². The maximum Gasteiger partial charge on any atom is 0.302 e. The third-order valence-corrected chi connectivity index (χ3v) is 16.5. The summed E-state index contributed by atoms with van der Waals surface area (Å²) in [6, 6.07) is 11.7. The minimum absolute atomic E-state index is 0.0387. The van der Waals surface area contributed by atoms with Gasteiger partial charge >= 0.3 is 11.9 Å². The molecule has 8 nitrogen and oxygen atoms in total. The van der Waals surface area contributed by atoms with Crippen molar-refractivity contribution in [2.24, 2.45) is 0 Å². The number of rotatable bonds is 15. The number of ether oxygens (including phenoxy) is 6. The largest absolute Gasteiger partial charge is 0.496 e. The quantitative estimate of drug-likeness (QED) is 0.0942. The average molecular weight is 887 g/mol. The SMILES string of the molecule is COc1cccc(OC(C)C)c1-c1sc(-c2sc(-c3sc(-c4sc(-c5c(OC)cccc5OC(C)C)c(C)c4COC(C)=O)c(C)c3C)c(C)c2C)c(COC(C)=O)c1C. The van der Waals surface area contributed by atoms with Crippen LogP contribution < -0.4 is 18.9 Å². The number of carbonyl (C=O) groups is 2. The first-order valence-corrected chi connectivity index (χ1v) is 23.2. The molecule has 0 radical (unpaired) electrons. The molecular formula is C48H54O8S4. The molecule has 2 aromatic carbocycles. The Labute approximate surface area is 370 Å². The van der Waals surface area contributed by atoms with Crippen LogP contribution in [0.3, 0.4) is 0 Å². The predicted molar refractivity (Wildman–Crippen MR) is 249 cm³/mol. The molecule has 0 aliphatic rings. The van der Waals surface area contributed by atoms with Crippen molar-refractivity contribution >= 4 is 57.3 Å². The molecule has 4 aromatic heterocycles. The second-order valence-corrected chi connectivity index (χ2v) is 19.4. The molecule has 6 rings (SSSR count). The summed E-state index contributed by atoms with van der Waals surface area (Å²) in [7, 11) is 3.35. The molecule has 0 atom stereocenters. The molecule has 0 aliphatic carbocycles. The van der Waals surface area contributed by atoms with Gasteiger partial charge in [0.1, 0.15) is 36.2 Å². The molecular weight excluding hydrogens is 833 g/mol. The van der Waals surface area contributed by atoms with Gasteiger partial charge in [-0.15, -0.1) is 45.3 Å². The summed E-state index contributed by atoms with van der Waals surface area (Å²) >= 11 is 6.89. The van der Waals surface area contributed by atoms with Crippen LogP contribution in [-0.2, 0) is 32.3 Å². The summed E-state index contributed by atoms with van der Waals surface area (Å²) < 4.78 is 35.9. The Hall–Kier alpha value is -4.62. The Morgan fingerprint density at radius 2 is 0.767 bits per heavy atom. The van der Waals surface area contributed by atoms with Crippen LogP contribution in [0.2, 0.25) is 0 Å². The molecule has 6 aromatic rings. The molecule has 0 unspecified atom stereocenters. The van der Waals surface area contributed by atoms with Crippen molar-refractivity contribution in [3.05, 3.63) is 80.9 Å². The van der Waals surface area contributed by atoms with E-state index >= 15 is 0 Å². The number of hydrogen-bond donors (Lipinski definition) is 0. The first-order valence-electron chi connectivity index (χ1n) is 19.9. The fourth-order valence-electron chi connectivity index (χ4n) is 7.21. The molecule has 318 valence electrons. The molecule has 4 heterocycles. The summed E-state index contributed by atoms with van der Waals surface area (Å²) in [5.41, 5.74) is 10.5. The van der Waals surface area contributed by atoms with Crippen molar-refractivity contribution in [1.29, 1.82) is 0 Å². The van der Waals surface area contributed by atoms with E-state index in [1.165, 1.54) is 45.9 Å². The highest BCUT2D eigenvalue weighted by atomic mass is 32.1. The summed E-state index contributed by atoms with van der Waals surface area (Å²) in [5.74, 6) is 2.25. The van der Waals surface area contributed by atoms with E-state index in [0.717, 1.165) is 85.6 Å². The fraction of sp³-hybridized carbons (Fsp3) is 0.375. The molecule has 0 fully saturated rings. The second kappa shape index (κ2) is 18.6. The number of esters is 2. The van der Waals surface area contributed by atoms with Gasteiger partial charge in [-0.05, 0) is 127 Å². The first kappa shape index (κ1) is 44.9. The molecule has 0 bridgehead atoms. The third-order valence-electron chi connectivity index (χ3n) is 10.5. The maximum absolute atomic E-state index is 12.2. The van der Waals surface area contributed by atoms with Crippen molar-refractivity contribution in [1.82, 2.24) is 0 Å². The molecule has 60 heavy (non-hydrogen) atoms. The van der Waals surface area contributed by atoms with Gasteiger partial charge in [0, 0.05) is 54.2 Å². The van der Waals surface area contributed by atoms with Crippen molar-refractivity contribution in [3.8, 4) is 73.1 Å². The van der Waals surface area contributed by atoms with E-state index < -0.39 is 0 Å². The molecule has 0 N–H and O–H groups in total. The highest BCUT2D eigenvalue weighted by molar-refractivity contribution is 7.30. The first-order chi connectivity index (χ1) is 28.5. The van der Waals surface area contributed by atoms with Crippen LogP contribution in [0.15, 0.2) is 36.4 Å². The van der Waals surface area contributed by atoms with Crippen LogP contribution in [0.5, 0.6) is 23.0 Å². The minimum Gasteiger partial charge on any atom is -0.496 e. The predicted octanol–water partition coefficient (Wildman–Crippen LogP) is 13.8. The number of benzene rings is 2. The van der Waals surface area contributed by atoms with Crippen molar-refractivity contribution in [3.63, 3.8) is 0 Å². The zero-order chi connectivity index (χ0) is 43.7. The van der Waals surface area contributed by atoms with Crippen LogP contribution in [0.1, 0.15) is 86.1 Å². The van der Waals surface area contributed by atoms with Gasteiger partial charge in [0.25, 0.3) is 0 Å². The van der Waals surface area contributed by atoms with Crippen LogP contribution in [-0.4, -0.2) is 38.4 Å². The van der Waals surface area contributed by atoms with Gasteiger partial charge in [-0.2, -0.15) is 0 Å². The van der Waals surface area contributed by atoms with Gasteiger partial charge in [0.15, 0.2) is 0 Å². The Kier molecular flexibility index (Phi) is 13.9. The summed E-state index contributed by atoms with van der Waals surface area (Å²) in [4.78, 5) is 33.3. The monoisotopic (exact) mass is 886 g/mol. The standard InChI is InChI=1S/C48H54O8S4/c1-23(2)55-37-19-15-17-35(51-13)39(37)41-29(9)33(21-53-31(11)49)47(57-41)45-27(7)25(5)43(59-45)44-26(6)28(8)46(60-44)48-34(22-54-32(12)50)30(10)42(58-48)40-36(52-14)18-16-20-38(40)56-24(3)4/h15-20,23-24H,21-22H2,1-14H3. The number of methoxy groups -OCH3 is 2. The summed E-state index contributed by atoms with van der Waals surface area (Å²) in [6.45, 7) is 24.2. The third kappa shape index (κ3) is 8.75. The summed E-state index contributed by atoms with van der Waals surface area (Å²) in [5, 5.41) is 0. The Morgan fingerprint density at radius 3 is 1.07 bits per heavy atom. The van der Waals surface area contributed by atoms with E-state index in [4.69, 9.17) is 28.4 Å². The molecule has 0 aliphatic heterocycles. The van der Waals surface area contributed by atoms with Gasteiger partial charge in [-0.3, -0.25) is 9.59 Å². The Bertz CT molecular complexity index is 2390. The van der Waals surface area contributed by atoms with E-state index in [1.807, 2.05) is 64.1 Å². The number of hydrogen-bond acceptors (Lipinski definition) is 12. The minimum atomic E-state index is -0.333. The normalized spacial score (nSPS) is 11.4. The van der Waals surface area contributed by atoms with Gasteiger partial charge < -0.3 is 28.4 Å². The van der Waals surface area contributed by atoms with E-state index in [-0.39, 0.29) is 37.4 Å². The lowest BCUT2D eigenvalue weighted by Crippen LogP contribution is -2.07. The lowest BCUT2D eigenvalue weighted by atomic mass is 10.0. The van der Waals surface area contributed by atoms with Gasteiger partial charge in [-0.25, -0.2) is 0 Å². The topological polar surface area (TPSA) is 89.5 Å². The van der Waals surface area contributed by atoms with Gasteiger partial charge in [-0.1, -0.05) is 12.1 Å². The Morgan fingerprint density at radius 1 is 0.467 bits per heavy atom. The zero-order valence-electron chi connectivity index (χ0n) is 36.9. The highest BCUT2D eigenvalue weighted by Crippen LogP contribution is 2.56.